The molecule has 8 nitrogen and oxygen atoms in total. The number of sulfonamides is 1. The maximum absolute atomic E-state index is 13.7. The lowest BCUT2D eigenvalue weighted by molar-refractivity contribution is -0.133. The smallest absolute Gasteiger partial charge is 0.251 e. The summed E-state index contributed by atoms with van der Waals surface area (Å²) in [6.07, 6.45) is 0.718. The van der Waals surface area contributed by atoms with Crippen molar-refractivity contribution >= 4 is 68.2 Å². The Kier molecular flexibility index (Phi) is 11.2. The number of benzene rings is 3. The molecule has 1 heterocycles. The van der Waals surface area contributed by atoms with Crippen molar-refractivity contribution in [3.8, 4) is 0 Å². The number of rotatable bonds is 10. The van der Waals surface area contributed by atoms with E-state index in [1.165, 1.54) is 18.2 Å². The minimum atomic E-state index is -3.76. The van der Waals surface area contributed by atoms with Crippen molar-refractivity contribution in [2.45, 2.75) is 43.3 Å². The van der Waals surface area contributed by atoms with E-state index in [-0.39, 0.29) is 53.8 Å². The Labute approximate surface area is 265 Å². The molecule has 0 spiro atoms. The molecule has 42 heavy (non-hydrogen) atoms. The van der Waals surface area contributed by atoms with Crippen molar-refractivity contribution in [1.82, 2.24) is 20.3 Å². The van der Waals surface area contributed by atoms with Gasteiger partial charge in [-0.3, -0.25) is 9.59 Å². The molecule has 0 bridgehead atoms. The van der Waals surface area contributed by atoms with Gasteiger partial charge in [-0.05, 0) is 67.8 Å². The maximum Gasteiger partial charge on any atom is 0.251 e. The predicted octanol–water partition coefficient (Wildman–Crippen LogP) is 5.47. The fourth-order valence-electron chi connectivity index (χ4n) is 4.56. The van der Waals surface area contributed by atoms with Gasteiger partial charge >= 0.3 is 0 Å². The molecule has 0 saturated carbocycles. The average Bonchev–Trinajstić information content (AvgIpc) is 3.09. The first-order valence-corrected chi connectivity index (χ1v) is 16.2. The molecule has 2 atom stereocenters. The lowest BCUT2D eigenvalue weighted by Gasteiger charge is -2.25. The van der Waals surface area contributed by atoms with Gasteiger partial charge in [-0.25, -0.2) is 13.1 Å². The standard InChI is InChI=1S/C29H30Cl4N4O4S/c1-18-2-7-23(8-3-18)42(40,41)35-12-10-27-29(39)37(17-20-4-6-21(30)15-25(20)32)13-11-22(36-27)16-34-28(38)19-5-9-24(31)26(33)14-19/h2-9,14-15,22,27,35-36H,10-13,16-17H2,1H3,(H,34,38)/t22-,27-/m0/s1. The molecule has 224 valence electrons. The molecular formula is C29H30Cl4N4O4S. The molecule has 1 aliphatic heterocycles. The highest BCUT2D eigenvalue weighted by atomic mass is 35.5. The maximum atomic E-state index is 13.7. The number of aryl methyl sites for hydroxylation is 1. The molecule has 0 radical (unpaired) electrons. The summed E-state index contributed by atoms with van der Waals surface area (Å²) in [5.41, 5.74) is 2.04. The van der Waals surface area contributed by atoms with Crippen LogP contribution in [0.4, 0.5) is 0 Å². The molecule has 13 heteroatoms. The van der Waals surface area contributed by atoms with Crippen molar-refractivity contribution in [2.24, 2.45) is 0 Å². The number of carbonyl (C=O) groups excluding carboxylic acids is 2. The van der Waals surface area contributed by atoms with Crippen LogP contribution in [-0.2, 0) is 21.4 Å². The van der Waals surface area contributed by atoms with E-state index in [9.17, 15) is 18.0 Å². The Morgan fingerprint density at radius 2 is 1.71 bits per heavy atom. The van der Waals surface area contributed by atoms with Crippen molar-refractivity contribution in [3.05, 3.63) is 97.4 Å². The molecule has 0 aliphatic carbocycles. The minimum Gasteiger partial charge on any atom is -0.350 e. The Bertz CT molecular complexity index is 1550. The number of nitrogens with one attached hydrogen (secondary N) is 3. The van der Waals surface area contributed by atoms with Crippen LogP contribution in [0, 0.1) is 6.92 Å². The fraction of sp³-hybridized carbons (Fsp3) is 0.310. The number of hydrogen-bond donors (Lipinski definition) is 3. The fourth-order valence-corrected chi connectivity index (χ4v) is 6.37. The van der Waals surface area contributed by atoms with E-state index in [4.69, 9.17) is 46.4 Å². The van der Waals surface area contributed by atoms with Gasteiger partial charge in [-0.1, -0.05) is 70.2 Å². The third kappa shape index (κ3) is 8.60. The molecule has 3 aromatic rings. The first-order valence-electron chi connectivity index (χ1n) is 13.2. The molecular weight excluding hydrogens is 642 g/mol. The third-order valence-electron chi connectivity index (χ3n) is 6.92. The van der Waals surface area contributed by atoms with Crippen molar-refractivity contribution in [2.75, 3.05) is 19.6 Å². The Hall–Kier alpha value is -2.37. The largest absolute Gasteiger partial charge is 0.350 e. The van der Waals surface area contributed by atoms with E-state index in [0.717, 1.165) is 11.1 Å². The van der Waals surface area contributed by atoms with Gasteiger partial charge < -0.3 is 15.5 Å². The van der Waals surface area contributed by atoms with E-state index < -0.39 is 16.1 Å². The summed E-state index contributed by atoms with van der Waals surface area (Å²) in [6, 6.07) is 15.3. The average molecular weight is 672 g/mol. The van der Waals surface area contributed by atoms with Gasteiger partial charge in [-0.2, -0.15) is 0 Å². The van der Waals surface area contributed by atoms with Gasteiger partial charge in [0.25, 0.3) is 5.91 Å². The van der Waals surface area contributed by atoms with E-state index in [1.54, 1.807) is 47.4 Å². The lowest BCUT2D eigenvalue weighted by atomic mass is 10.1. The second kappa shape index (κ2) is 14.4. The van der Waals surface area contributed by atoms with Crippen LogP contribution in [0.3, 0.4) is 0 Å². The van der Waals surface area contributed by atoms with Gasteiger partial charge in [0.1, 0.15) is 0 Å². The van der Waals surface area contributed by atoms with Crippen LogP contribution >= 0.6 is 46.4 Å². The van der Waals surface area contributed by atoms with Crippen molar-refractivity contribution < 1.29 is 18.0 Å². The van der Waals surface area contributed by atoms with Gasteiger partial charge in [0.15, 0.2) is 0 Å². The Balaban J connectivity index is 1.46. The molecule has 1 saturated heterocycles. The van der Waals surface area contributed by atoms with E-state index in [0.29, 0.717) is 33.6 Å². The molecule has 4 rings (SSSR count). The zero-order valence-electron chi connectivity index (χ0n) is 22.7. The van der Waals surface area contributed by atoms with E-state index >= 15 is 0 Å². The van der Waals surface area contributed by atoms with Crippen LogP contribution < -0.4 is 15.4 Å². The molecule has 1 aliphatic rings. The molecule has 0 unspecified atom stereocenters. The highest BCUT2D eigenvalue weighted by molar-refractivity contribution is 7.89. The van der Waals surface area contributed by atoms with Gasteiger partial charge in [0.05, 0.1) is 21.0 Å². The minimum absolute atomic E-state index is 0.0253. The van der Waals surface area contributed by atoms with Gasteiger partial charge in [0, 0.05) is 47.8 Å². The third-order valence-corrected chi connectivity index (χ3v) is 9.72. The van der Waals surface area contributed by atoms with Gasteiger partial charge in [-0.15, -0.1) is 0 Å². The zero-order chi connectivity index (χ0) is 30.4. The molecule has 3 N–H and O–H groups in total. The Morgan fingerprint density at radius 3 is 2.40 bits per heavy atom. The molecule has 3 aromatic carbocycles. The Morgan fingerprint density at radius 1 is 0.976 bits per heavy atom. The molecule has 2 amide bonds. The second-order valence-electron chi connectivity index (χ2n) is 10.0. The topological polar surface area (TPSA) is 108 Å². The van der Waals surface area contributed by atoms with Crippen LogP contribution in [0.15, 0.2) is 65.6 Å². The summed E-state index contributed by atoms with van der Waals surface area (Å²) in [4.78, 5) is 28.3. The summed E-state index contributed by atoms with van der Waals surface area (Å²) in [5, 5.41) is 7.76. The highest BCUT2D eigenvalue weighted by Crippen LogP contribution is 2.24. The second-order valence-corrected chi connectivity index (χ2v) is 13.5. The summed E-state index contributed by atoms with van der Waals surface area (Å²) in [6.45, 7) is 2.78. The predicted molar refractivity (Wildman–Crippen MR) is 167 cm³/mol. The normalized spacial score (nSPS) is 17.6. The van der Waals surface area contributed by atoms with E-state index in [1.807, 2.05) is 6.92 Å². The summed E-state index contributed by atoms with van der Waals surface area (Å²) >= 11 is 24.5. The van der Waals surface area contributed by atoms with Gasteiger partial charge in [0.2, 0.25) is 15.9 Å². The summed E-state index contributed by atoms with van der Waals surface area (Å²) in [5.74, 6) is -0.535. The number of nitrogens with zero attached hydrogens (tertiary/aromatic N) is 1. The SMILES string of the molecule is Cc1ccc(S(=O)(=O)NCC[C@@H]2N[C@H](CNC(=O)c3ccc(Cl)c(Cl)c3)CCN(Cc3ccc(Cl)cc3Cl)C2=O)cc1. The van der Waals surface area contributed by atoms with Crippen molar-refractivity contribution in [1.29, 1.82) is 0 Å². The van der Waals surface area contributed by atoms with Crippen molar-refractivity contribution in [3.63, 3.8) is 0 Å². The first-order chi connectivity index (χ1) is 19.9. The summed E-state index contributed by atoms with van der Waals surface area (Å²) in [7, 11) is -3.76. The van der Waals surface area contributed by atoms with Crippen LogP contribution in [0.2, 0.25) is 20.1 Å². The highest BCUT2D eigenvalue weighted by Gasteiger charge is 2.31. The number of halogens is 4. The molecule has 1 fully saturated rings. The lowest BCUT2D eigenvalue weighted by Crippen LogP contribution is -2.49. The number of carbonyl (C=O) groups is 2. The monoisotopic (exact) mass is 670 g/mol. The number of hydrogen-bond acceptors (Lipinski definition) is 5. The quantitative estimate of drug-likeness (QED) is 0.265. The van der Waals surface area contributed by atoms with Crippen LogP contribution in [-0.4, -0.2) is 56.9 Å². The first kappa shape index (κ1) is 32.5. The van der Waals surface area contributed by atoms with Crippen LogP contribution in [0.5, 0.6) is 0 Å². The molecule has 0 aromatic heterocycles. The number of amides is 2. The van der Waals surface area contributed by atoms with Crippen LogP contribution in [0.25, 0.3) is 0 Å². The van der Waals surface area contributed by atoms with Crippen LogP contribution in [0.1, 0.15) is 34.3 Å². The summed E-state index contributed by atoms with van der Waals surface area (Å²) < 4.78 is 28.2. The van der Waals surface area contributed by atoms with E-state index in [2.05, 4.69) is 15.4 Å². The zero-order valence-corrected chi connectivity index (χ0v) is 26.5.